The first-order valence-corrected chi connectivity index (χ1v) is 9.29. The third-order valence-corrected chi connectivity index (χ3v) is 5.09. The maximum atomic E-state index is 11.6. The first-order valence-electron chi connectivity index (χ1n) is 7.40. The molecule has 0 unspecified atom stereocenters. The van der Waals surface area contributed by atoms with Gasteiger partial charge in [0.25, 0.3) is 0 Å². The van der Waals surface area contributed by atoms with Crippen LogP contribution in [0.1, 0.15) is 0 Å². The molecule has 6 heteroatoms. The quantitative estimate of drug-likeness (QED) is 0.734. The summed E-state index contributed by atoms with van der Waals surface area (Å²) >= 11 is 0. The Bertz CT molecular complexity index is 1000. The van der Waals surface area contributed by atoms with E-state index in [1.165, 1.54) is 6.26 Å². The number of sulfone groups is 1. The number of nitrogens with zero attached hydrogens (tertiary/aromatic N) is 1. The molecule has 2 aromatic carbocycles. The average molecular weight is 341 g/mol. The van der Waals surface area contributed by atoms with Gasteiger partial charge in [-0.1, -0.05) is 12.1 Å². The molecule has 0 saturated carbocycles. The second-order valence-corrected chi connectivity index (χ2v) is 7.61. The fourth-order valence-corrected chi connectivity index (χ4v) is 3.38. The van der Waals surface area contributed by atoms with Crippen LogP contribution in [0.4, 0.5) is 0 Å². The lowest BCUT2D eigenvalue weighted by atomic mass is 10.1. The van der Waals surface area contributed by atoms with Crippen LogP contribution in [0, 0.1) is 0 Å². The van der Waals surface area contributed by atoms with Crippen LogP contribution in [0.25, 0.3) is 16.9 Å². The molecule has 0 spiro atoms. The van der Waals surface area contributed by atoms with Crippen molar-refractivity contribution in [2.45, 2.75) is 4.90 Å². The monoisotopic (exact) mass is 341 g/mol. The molecule has 1 aromatic heterocycles. The molecule has 0 saturated heterocycles. The van der Waals surface area contributed by atoms with Gasteiger partial charge in [0.05, 0.1) is 10.6 Å². The third-order valence-electron chi connectivity index (χ3n) is 3.96. The molecule has 4 rings (SSSR count). The van der Waals surface area contributed by atoms with Crippen molar-refractivity contribution in [2.24, 2.45) is 0 Å². The SMILES string of the molecule is CS(=O)(=O)c1ccc(-c2cccn2-c2ccc3c(c2)OCO3)cc1. The van der Waals surface area contributed by atoms with E-state index in [2.05, 4.69) is 0 Å². The van der Waals surface area contributed by atoms with Gasteiger partial charge < -0.3 is 14.0 Å². The van der Waals surface area contributed by atoms with E-state index in [1.54, 1.807) is 12.1 Å². The van der Waals surface area contributed by atoms with Crippen molar-refractivity contribution >= 4 is 9.84 Å². The predicted octanol–water partition coefficient (Wildman–Crippen LogP) is 3.28. The smallest absolute Gasteiger partial charge is 0.231 e. The molecule has 1 aliphatic heterocycles. The normalized spacial score (nSPS) is 13.2. The molecule has 122 valence electrons. The molecule has 0 atom stereocenters. The van der Waals surface area contributed by atoms with Crippen molar-refractivity contribution in [3.05, 3.63) is 60.8 Å². The zero-order valence-electron chi connectivity index (χ0n) is 13.0. The summed E-state index contributed by atoms with van der Waals surface area (Å²) in [5.74, 6) is 1.46. The Morgan fingerprint density at radius 3 is 2.46 bits per heavy atom. The average Bonchev–Trinajstić information content (AvgIpc) is 3.22. The summed E-state index contributed by atoms with van der Waals surface area (Å²) in [5.41, 5.74) is 2.85. The van der Waals surface area contributed by atoms with Crippen LogP contribution >= 0.6 is 0 Å². The van der Waals surface area contributed by atoms with Crippen LogP contribution < -0.4 is 9.47 Å². The molecule has 0 radical (unpaired) electrons. The summed E-state index contributed by atoms with van der Waals surface area (Å²) in [7, 11) is -3.19. The summed E-state index contributed by atoms with van der Waals surface area (Å²) in [5, 5.41) is 0. The lowest BCUT2D eigenvalue weighted by Gasteiger charge is -2.11. The van der Waals surface area contributed by atoms with E-state index in [0.717, 1.165) is 28.4 Å². The number of fused-ring (bicyclic) bond motifs is 1. The van der Waals surface area contributed by atoms with E-state index in [4.69, 9.17) is 9.47 Å². The van der Waals surface area contributed by atoms with Crippen molar-refractivity contribution in [2.75, 3.05) is 13.0 Å². The zero-order chi connectivity index (χ0) is 16.7. The number of hydrogen-bond acceptors (Lipinski definition) is 4. The second-order valence-electron chi connectivity index (χ2n) is 5.60. The van der Waals surface area contributed by atoms with E-state index in [0.29, 0.717) is 4.90 Å². The van der Waals surface area contributed by atoms with Crippen LogP contribution in [-0.4, -0.2) is 26.0 Å². The fraction of sp³-hybridized carbons (Fsp3) is 0.111. The highest BCUT2D eigenvalue weighted by molar-refractivity contribution is 7.90. The van der Waals surface area contributed by atoms with Gasteiger partial charge in [0.2, 0.25) is 6.79 Å². The van der Waals surface area contributed by atoms with Crippen molar-refractivity contribution < 1.29 is 17.9 Å². The van der Waals surface area contributed by atoms with Crippen LogP contribution in [0.3, 0.4) is 0 Å². The Morgan fingerprint density at radius 2 is 1.71 bits per heavy atom. The molecule has 3 aromatic rings. The molecule has 0 fully saturated rings. The van der Waals surface area contributed by atoms with Crippen molar-refractivity contribution in [1.82, 2.24) is 4.57 Å². The number of rotatable bonds is 3. The topological polar surface area (TPSA) is 57.5 Å². The summed E-state index contributed by atoms with van der Waals surface area (Å²) in [6.45, 7) is 0.240. The molecule has 0 aliphatic carbocycles. The first kappa shape index (κ1) is 14.8. The molecule has 2 heterocycles. The molecular weight excluding hydrogens is 326 g/mol. The van der Waals surface area contributed by atoms with E-state index < -0.39 is 9.84 Å². The lowest BCUT2D eigenvalue weighted by molar-refractivity contribution is 0.174. The minimum atomic E-state index is -3.19. The largest absolute Gasteiger partial charge is 0.454 e. The van der Waals surface area contributed by atoms with E-state index in [-0.39, 0.29) is 6.79 Å². The second kappa shape index (κ2) is 5.42. The Morgan fingerprint density at radius 1 is 0.958 bits per heavy atom. The van der Waals surface area contributed by atoms with Gasteiger partial charge in [-0.3, -0.25) is 0 Å². The van der Waals surface area contributed by atoms with Gasteiger partial charge in [0, 0.05) is 24.2 Å². The molecular formula is C18H15NO4S. The van der Waals surface area contributed by atoms with Gasteiger partial charge in [-0.15, -0.1) is 0 Å². The number of aromatic nitrogens is 1. The molecule has 1 aliphatic rings. The van der Waals surface area contributed by atoms with Gasteiger partial charge in [-0.05, 0) is 42.0 Å². The van der Waals surface area contributed by atoms with Crippen LogP contribution in [0.15, 0.2) is 65.7 Å². The lowest BCUT2D eigenvalue weighted by Crippen LogP contribution is -1.98. The predicted molar refractivity (Wildman–Crippen MR) is 90.4 cm³/mol. The number of benzene rings is 2. The van der Waals surface area contributed by atoms with E-state index in [1.807, 2.05) is 53.2 Å². The number of ether oxygens (including phenoxy) is 2. The highest BCUT2D eigenvalue weighted by Crippen LogP contribution is 2.35. The Hall–Kier alpha value is -2.73. The van der Waals surface area contributed by atoms with Crippen molar-refractivity contribution in [3.8, 4) is 28.4 Å². The Labute approximate surface area is 140 Å². The van der Waals surface area contributed by atoms with Crippen LogP contribution in [0.5, 0.6) is 11.5 Å². The summed E-state index contributed by atoms with van der Waals surface area (Å²) in [6.07, 6.45) is 3.16. The number of hydrogen-bond donors (Lipinski definition) is 0. The van der Waals surface area contributed by atoms with Crippen molar-refractivity contribution in [3.63, 3.8) is 0 Å². The Kier molecular flexibility index (Phi) is 3.35. The molecule has 0 bridgehead atoms. The maximum absolute atomic E-state index is 11.6. The zero-order valence-corrected chi connectivity index (χ0v) is 13.8. The van der Waals surface area contributed by atoms with Gasteiger partial charge in [-0.2, -0.15) is 0 Å². The summed E-state index contributed by atoms with van der Waals surface area (Å²) < 4.78 is 36.0. The van der Waals surface area contributed by atoms with Crippen molar-refractivity contribution in [1.29, 1.82) is 0 Å². The summed E-state index contributed by atoms with van der Waals surface area (Å²) in [6, 6.07) is 16.6. The van der Waals surface area contributed by atoms with Crippen LogP contribution in [0.2, 0.25) is 0 Å². The molecule has 0 N–H and O–H groups in total. The van der Waals surface area contributed by atoms with Gasteiger partial charge >= 0.3 is 0 Å². The summed E-state index contributed by atoms with van der Waals surface area (Å²) in [4.78, 5) is 0.312. The van der Waals surface area contributed by atoms with Gasteiger partial charge in [-0.25, -0.2) is 8.42 Å². The van der Waals surface area contributed by atoms with Gasteiger partial charge in [0.1, 0.15) is 0 Å². The molecule has 5 nitrogen and oxygen atoms in total. The Balaban J connectivity index is 1.75. The molecule has 24 heavy (non-hydrogen) atoms. The third kappa shape index (κ3) is 2.55. The van der Waals surface area contributed by atoms with Gasteiger partial charge in [0.15, 0.2) is 21.3 Å². The fourth-order valence-electron chi connectivity index (χ4n) is 2.75. The minimum Gasteiger partial charge on any atom is -0.454 e. The molecule has 0 amide bonds. The maximum Gasteiger partial charge on any atom is 0.231 e. The highest BCUT2D eigenvalue weighted by Gasteiger charge is 2.15. The highest BCUT2D eigenvalue weighted by atomic mass is 32.2. The standard InChI is InChI=1S/C18H15NO4S/c1-24(20,21)15-7-4-13(5-8-15)16-3-2-10-19(16)14-6-9-17-18(11-14)23-12-22-17/h2-11H,12H2,1H3. The van der Waals surface area contributed by atoms with E-state index in [9.17, 15) is 8.42 Å². The van der Waals surface area contributed by atoms with Crippen LogP contribution in [-0.2, 0) is 9.84 Å². The first-order chi connectivity index (χ1) is 11.5. The van der Waals surface area contributed by atoms with E-state index >= 15 is 0 Å². The minimum absolute atomic E-state index is 0.240.